The van der Waals surface area contributed by atoms with Crippen molar-refractivity contribution in [3.05, 3.63) is 48.3 Å². The molecule has 0 atom stereocenters. The second-order valence-electron chi connectivity index (χ2n) is 6.56. The second kappa shape index (κ2) is 8.01. The van der Waals surface area contributed by atoms with Crippen LogP contribution in [-0.4, -0.2) is 47.4 Å². The average Bonchev–Trinajstić information content (AvgIpc) is 3.22. The molecule has 28 heavy (non-hydrogen) atoms. The molecule has 0 spiro atoms. The fourth-order valence-corrected chi connectivity index (χ4v) is 3.16. The van der Waals surface area contributed by atoms with Gasteiger partial charge in [0.15, 0.2) is 0 Å². The minimum Gasteiger partial charge on any atom is -0.343 e. The summed E-state index contributed by atoms with van der Waals surface area (Å²) in [4.78, 5) is 24.8. The van der Waals surface area contributed by atoms with Crippen molar-refractivity contribution in [3.8, 4) is 0 Å². The van der Waals surface area contributed by atoms with Crippen LogP contribution < -0.4 is 16.0 Å². The molecule has 1 aromatic heterocycles. The Balaban J connectivity index is 1.69. The summed E-state index contributed by atoms with van der Waals surface area (Å²) in [6.45, 7) is -0.0536. The zero-order valence-corrected chi connectivity index (χ0v) is 14.9. The summed E-state index contributed by atoms with van der Waals surface area (Å²) in [6.07, 6.45) is 0.0283. The highest BCUT2D eigenvalue weighted by Gasteiger charge is 2.42. The maximum Gasteiger partial charge on any atom is 0.405 e. The molecule has 1 saturated heterocycles. The Morgan fingerprint density at radius 2 is 1.86 bits per heavy atom. The van der Waals surface area contributed by atoms with Crippen LogP contribution in [0.5, 0.6) is 0 Å². The molecule has 1 aliphatic rings. The van der Waals surface area contributed by atoms with E-state index in [0.29, 0.717) is 31.6 Å². The molecule has 7 nitrogen and oxygen atoms in total. The lowest BCUT2D eigenvalue weighted by Gasteiger charge is -2.36. The smallest absolute Gasteiger partial charge is 0.343 e. The Morgan fingerprint density at radius 1 is 1.18 bits per heavy atom. The van der Waals surface area contributed by atoms with Crippen molar-refractivity contribution < 1.29 is 22.8 Å². The molecule has 0 aliphatic carbocycles. The predicted molar refractivity (Wildman–Crippen MR) is 95.8 cm³/mol. The molecule has 0 bridgehead atoms. The van der Waals surface area contributed by atoms with Crippen LogP contribution in [0.4, 0.5) is 18.9 Å². The van der Waals surface area contributed by atoms with Gasteiger partial charge in [-0.2, -0.15) is 18.3 Å². The normalized spacial score (nSPS) is 16.4. The van der Waals surface area contributed by atoms with Gasteiger partial charge in [-0.05, 0) is 56.3 Å². The first-order chi connectivity index (χ1) is 13.3. The number of hydrogen-bond donors (Lipinski definition) is 3. The number of carbonyl (C=O) groups is 2. The number of benzene rings is 1. The molecule has 0 unspecified atom stereocenters. The molecule has 2 amide bonds. The largest absolute Gasteiger partial charge is 0.405 e. The monoisotopic (exact) mass is 395 g/mol. The van der Waals surface area contributed by atoms with E-state index in [-0.39, 0.29) is 11.5 Å². The Bertz CT molecular complexity index is 813. The summed E-state index contributed by atoms with van der Waals surface area (Å²) in [5.74, 6) is -1.06. The maximum absolute atomic E-state index is 13.0. The van der Waals surface area contributed by atoms with E-state index in [2.05, 4.69) is 15.7 Å². The second-order valence-corrected chi connectivity index (χ2v) is 6.56. The SMILES string of the molecule is O=C(NCC(F)(F)F)c1ccc(NC(=O)C2(n3cccn3)CCNCC2)cc1. The van der Waals surface area contributed by atoms with Gasteiger partial charge in [-0.1, -0.05) is 0 Å². The van der Waals surface area contributed by atoms with Gasteiger partial charge in [0.05, 0.1) is 0 Å². The Kier molecular flexibility index (Phi) is 5.68. The standard InChI is InChI=1S/C18H20F3N5O2/c19-18(20,21)12-23-15(27)13-2-4-14(5-3-13)25-16(28)17(6-9-22-10-7-17)26-11-1-8-24-26/h1-5,8,11,22H,6-7,9-10,12H2,(H,23,27)(H,25,28). The Labute approximate surface area is 159 Å². The summed E-state index contributed by atoms with van der Waals surface area (Å²) in [6, 6.07) is 7.45. The maximum atomic E-state index is 13.0. The number of halogens is 3. The number of alkyl halides is 3. The molecule has 1 aliphatic heterocycles. The summed E-state index contributed by atoms with van der Waals surface area (Å²) in [7, 11) is 0. The lowest BCUT2D eigenvalue weighted by molar-refractivity contribution is -0.126. The van der Waals surface area contributed by atoms with Crippen LogP contribution >= 0.6 is 0 Å². The van der Waals surface area contributed by atoms with Crippen molar-refractivity contribution in [3.63, 3.8) is 0 Å². The third-order valence-corrected chi connectivity index (χ3v) is 4.65. The summed E-state index contributed by atoms with van der Waals surface area (Å²) >= 11 is 0. The van der Waals surface area contributed by atoms with Crippen molar-refractivity contribution in [2.24, 2.45) is 0 Å². The fourth-order valence-electron chi connectivity index (χ4n) is 3.16. The number of amides is 2. The van der Waals surface area contributed by atoms with E-state index in [0.717, 1.165) is 0 Å². The summed E-state index contributed by atoms with van der Waals surface area (Å²) < 4.78 is 38.2. The summed E-state index contributed by atoms with van der Waals surface area (Å²) in [5.41, 5.74) is -0.300. The molecular formula is C18H20F3N5O2. The molecule has 1 aromatic carbocycles. The number of nitrogens with zero attached hydrogens (tertiary/aromatic N) is 2. The van der Waals surface area contributed by atoms with E-state index in [1.54, 1.807) is 28.5 Å². The van der Waals surface area contributed by atoms with E-state index < -0.39 is 24.2 Å². The van der Waals surface area contributed by atoms with Crippen molar-refractivity contribution in [1.29, 1.82) is 0 Å². The number of piperidine rings is 1. The predicted octanol–water partition coefficient (Wildman–Crippen LogP) is 1.89. The van der Waals surface area contributed by atoms with Crippen molar-refractivity contribution in [2.75, 3.05) is 25.0 Å². The fraction of sp³-hybridized carbons (Fsp3) is 0.389. The van der Waals surface area contributed by atoms with Crippen molar-refractivity contribution in [2.45, 2.75) is 24.6 Å². The minimum atomic E-state index is -4.47. The Hall–Kier alpha value is -2.88. The van der Waals surface area contributed by atoms with Gasteiger partial charge in [0.2, 0.25) is 0 Å². The zero-order chi connectivity index (χ0) is 20.2. The number of rotatable bonds is 5. The highest BCUT2D eigenvalue weighted by molar-refractivity contribution is 5.98. The van der Waals surface area contributed by atoms with Crippen molar-refractivity contribution in [1.82, 2.24) is 20.4 Å². The lowest BCUT2D eigenvalue weighted by atomic mass is 9.87. The van der Waals surface area contributed by atoms with Gasteiger partial charge in [-0.3, -0.25) is 14.3 Å². The van der Waals surface area contributed by atoms with Gasteiger partial charge in [0, 0.05) is 23.6 Å². The molecule has 1 fully saturated rings. The highest BCUT2D eigenvalue weighted by atomic mass is 19.4. The van der Waals surface area contributed by atoms with Gasteiger partial charge in [0.25, 0.3) is 11.8 Å². The Morgan fingerprint density at radius 3 is 2.43 bits per heavy atom. The number of hydrogen-bond acceptors (Lipinski definition) is 4. The molecule has 150 valence electrons. The first-order valence-corrected chi connectivity index (χ1v) is 8.77. The minimum absolute atomic E-state index is 0.0749. The van der Waals surface area contributed by atoms with Crippen LogP contribution in [-0.2, 0) is 10.3 Å². The zero-order valence-electron chi connectivity index (χ0n) is 14.9. The van der Waals surface area contributed by atoms with Gasteiger partial charge >= 0.3 is 6.18 Å². The van der Waals surface area contributed by atoms with Crippen LogP contribution in [0.15, 0.2) is 42.7 Å². The van der Waals surface area contributed by atoms with Gasteiger partial charge in [-0.15, -0.1) is 0 Å². The number of carbonyl (C=O) groups excluding carboxylic acids is 2. The van der Waals surface area contributed by atoms with Crippen molar-refractivity contribution >= 4 is 17.5 Å². The van der Waals surface area contributed by atoms with Crippen LogP contribution in [0, 0.1) is 0 Å². The van der Waals surface area contributed by atoms with Crippen LogP contribution in [0.2, 0.25) is 0 Å². The third-order valence-electron chi connectivity index (χ3n) is 4.65. The lowest BCUT2D eigenvalue weighted by Crippen LogP contribution is -2.52. The van der Waals surface area contributed by atoms with Crippen LogP contribution in [0.3, 0.4) is 0 Å². The van der Waals surface area contributed by atoms with Gasteiger partial charge < -0.3 is 16.0 Å². The molecule has 0 radical (unpaired) electrons. The summed E-state index contributed by atoms with van der Waals surface area (Å²) in [5, 5.41) is 12.1. The molecule has 3 rings (SSSR count). The molecule has 3 N–H and O–H groups in total. The van der Waals surface area contributed by atoms with E-state index in [9.17, 15) is 22.8 Å². The van der Waals surface area contributed by atoms with E-state index in [1.807, 2.05) is 0 Å². The topological polar surface area (TPSA) is 88.1 Å². The van der Waals surface area contributed by atoms with E-state index in [1.165, 1.54) is 24.3 Å². The third kappa shape index (κ3) is 4.50. The molecule has 10 heteroatoms. The van der Waals surface area contributed by atoms with E-state index in [4.69, 9.17) is 0 Å². The number of aromatic nitrogens is 2. The van der Waals surface area contributed by atoms with Crippen LogP contribution in [0.25, 0.3) is 0 Å². The highest BCUT2D eigenvalue weighted by Crippen LogP contribution is 2.28. The number of anilines is 1. The van der Waals surface area contributed by atoms with Gasteiger partial charge in [0.1, 0.15) is 12.1 Å². The molecule has 2 aromatic rings. The van der Waals surface area contributed by atoms with Crippen LogP contribution in [0.1, 0.15) is 23.2 Å². The first kappa shape index (κ1) is 19.9. The van der Waals surface area contributed by atoms with Gasteiger partial charge in [-0.25, -0.2) is 0 Å². The first-order valence-electron chi connectivity index (χ1n) is 8.77. The molecule has 2 heterocycles. The quantitative estimate of drug-likeness (QED) is 0.722. The average molecular weight is 395 g/mol. The molecular weight excluding hydrogens is 375 g/mol. The number of nitrogens with one attached hydrogen (secondary N) is 3. The van der Waals surface area contributed by atoms with E-state index >= 15 is 0 Å². The molecule has 0 saturated carbocycles.